The Bertz CT molecular complexity index is 654. The van der Waals surface area contributed by atoms with Crippen molar-refractivity contribution in [3.05, 3.63) is 28.8 Å². The molecule has 2 aliphatic rings. The number of aromatic carboxylic acids is 1. The third-order valence-electron chi connectivity index (χ3n) is 5.04. The van der Waals surface area contributed by atoms with Gasteiger partial charge < -0.3 is 20.3 Å². The maximum Gasteiger partial charge on any atom is 0.339 e. The molecule has 3 N–H and O–H groups in total. The minimum atomic E-state index is -1.08. The topological polar surface area (TPSA) is 95.9 Å². The van der Waals surface area contributed by atoms with E-state index in [9.17, 15) is 19.8 Å². The lowest BCUT2D eigenvalue weighted by molar-refractivity contribution is -0.141. The summed E-state index contributed by atoms with van der Waals surface area (Å²) >= 11 is 6.12. The summed E-state index contributed by atoms with van der Waals surface area (Å²) in [5.41, 5.74) is 0.0540. The lowest BCUT2D eigenvalue weighted by atomic mass is 9.72. The van der Waals surface area contributed by atoms with Crippen LogP contribution < -0.4 is 10.1 Å². The van der Waals surface area contributed by atoms with Gasteiger partial charge in [0.15, 0.2) is 5.75 Å². The molecule has 1 aromatic rings. The van der Waals surface area contributed by atoms with Crippen LogP contribution in [0.5, 0.6) is 5.75 Å². The molecule has 0 spiro atoms. The first-order valence-corrected chi connectivity index (χ1v) is 8.48. The Hall–Kier alpha value is -1.50. The van der Waals surface area contributed by atoms with Crippen molar-refractivity contribution in [1.29, 1.82) is 0 Å². The zero-order valence-electron chi connectivity index (χ0n) is 13.5. The Labute approximate surface area is 156 Å². The van der Waals surface area contributed by atoms with Crippen molar-refractivity contribution >= 4 is 35.9 Å². The van der Waals surface area contributed by atoms with Gasteiger partial charge >= 0.3 is 11.9 Å². The highest BCUT2D eigenvalue weighted by molar-refractivity contribution is 6.32. The number of hydrogen-bond donors (Lipinski definition) is 3. The third-order valence-corrected chi connectivity index (χ3v) is 5.33. The molecular formula is C17H21Cl2NO5. The Kier molecular flexibility index (Phi) is 6.54. The number of para-hydroxylation sites is 1. The van der Waals surface area contributed by atoms with Crippen LogP contribution in [0.2, 0.25) is 5.02 Å². The lowest BCUT2D eigenvalue weighted by Gasteiger charge is -2.41. The zero-order valence-corrected chi connectivity index (χ0v) is 15.1. The molecule has 0 bridgehead atoms. The summed E-state index contributed by atoms with van der Waals surface area (Å²) in [5, 5.41) is 21.8. The van der Waals surface area contributed by atoms with E-state index in [2.05, 4.69) is 5.32 Å². The highest BCUT2D eigenvalue weighted by Gasteiger charge is 2.38. The van der Waals surface area contributed by atoms with Gasteiger partial charge in [0.25, 0.3) is 0 Å². The van der Waals surface area contributed by atoms with Gasteiger partial charge in [0.1, 0.15) is 11.6 Å². The number of carboxylic acid groups (broad SMARTS) is 2. The summed E-state index contributed by atoms with van der Waals surface area (Å²) in [4.78, 5) is 22.5. The predicted octanol–water partition coefficient (Wildman–Crippen LogP) is 3.07. The molecule has 1 saturated heterocycles. The fourth-order valence-corrected chi connectivity index (χ4v) is 4.00. The number of hydrogen-bond acceptors (Lipinski definition) is 4. The van der Waals surface area contributed by atoms with Gasteiger partial charge in [-0.1, -0.05) is 17.7 Å². The van der Waals surface area contributed by atoms with E-state index in [1.54, 1.807) is 12.1 Å². The van der Waals surface area contributed by atoms with Gasteiger partial charge in [-0.05, 0) is 56.2 Å². The number of benzene rings is 1. The van der Waals surface area contributed by atoms with Crippen LogP contribution >= 0.6 is 24.0 Å². The van der Waals surface area contributed by atoms with Crippen LogP contribution in [0.25, 0.3) is 0 Å². The maximum atomic E-state index is 11.3. The predicted molar refractivity (Wildman–Crippen MR) is 94.9 cm³/mol. The van der Waals surface area contributed by atoms with Crippen LogP contribution in [-0.2, 0) is 4.79 Å². The van der Waals surface area contributed by atoms with Crippen molar-refractivity contribution in [3.8, 4) is 5.75 Å². The lowest BCUT2D eigenvalue weighted by Crippen LogP contribution is -2.50. The number of aliphatic carboxylic acids is 1. The molecule has 4 atom stereocenters. The average Bonchev–Trinajstić information content (AvgIpc) is 2.55. The summed E-state index contributed by atoms with van der Waals surface area (Å²) in [7, 11) is 0. The van der Waals surface area contributed by atoms with Crippen molar-refractivity contribution in [1.82, 2.24) is 5.32 Å². The zero-order chi connectivity index (χ0) is 17.3. The van der Waals surface area contributed by atoms with E-state index in [1.165, 1.54) is 6.07 Å². The molecule has 0 amide bonds. The van der Waals surface area contributed by atoms with E-state index in [4.69, 9.17) is 16.3 Å². The number of rotatable bonds is 4. The number of carboxylic acids is 2. The summed E-state index contributed by atoms with van der Waals surface area (Å²) in [6.07, 6.45) is 2.90. The highest BCUT2D eigenvalue weighted by Crippen LogP contribution is 2.39. The molecule has 138 valence electrons. The van der Waals surface area contributed by atoms with Crippen molar-refractivity contribution < 1.29 is 24.5 Å². The normalized spacial score (nSPS) is 28.4. The standard InChI is InChI=1S/C17H20ClNO5.ClH/c18-13-3-1-2-12(16(20)21)15(13)24-11-5-4-9-8-19-14(17(22)23)7-10(9)6-11;/h1-3,9-11,14,19H,4-8H2,(H,20,21)(H,22,23);1H/t9-,10+,11-,14-;/m0./s1. The number of nitrogens with one attached hydrogen (secondary N) is 1. The molecule has 8 heteroatoms. The van der Waals surface area contributed by atoms with Crippen LogP contribution in [0.4, 0.5) is 0 Å². The summed E-state index contributed by atoms with van der Waals surface area (Å²) in [6.45, 7) is 0.709. The Morgan fingerprint density at radius 1 is 1.16 bits per heavy atom. The molecule has 1 heterocycles. The number of fused-ring (bicyclic) bond motifs is 1. The van der Waals surface area contributed by atoms with Crippen molar-refractivity contribution in [2.75, 3.05) is 6.54 Å². The first-order valence-electron chi connectivity index (χ1n) is 8.10. The number of carbonyl (C=O) groups is 2. The van der Waals surface area contributed by atoms with E-state index >= 15 is 0 Å². The summed E-state index contributed by atoms with van der Waals surface area (Å²) < 4.78 is 5.94. The van der Waals surface area contributed by atoms with Crippen LogP contribution in [0.3, 0.4) is 0 Å². The summed E-state index contributed by atoms with van der Waals surface area (Å²) in [5.74, 6) is -0.976. The second-order valence-electron chi connectivity index (χ2n) is 6.53. The number of piperidine rings is 1. The molecule has 25 heavy (non-hydrogen) atoms. The first kappa shape index (κ1) is 19.8. The summed E-state index contributed by atoms with van der Waals surface area (Å²) in [6, 6.07) is 4.15. The van der Waals surface area contributed by atoms with Gasteiger partial charge in [-0.15, -0.1) is 12.4 Å². The Morgan fingerprint density at radius 2 is 1.92 bits per heavy atom. The number of halogens is 2. The average molecular weight is 390 g/mol. The van der Waals surface area contributed by atoms with Gasteiger partial charge in [0.05, 0.1) is 11.1 Å². The van der Waals surface area contributed by atoms with Crippen LogP contribution in [-0.4, -0.2) is 40.8 Å². The molecule has 0 unspecified atom stereocenters. The molecule has 3 rings (SSSR count). The van der Waals surface area contributed by atoms with E-state index in [0.29, 0.717) is 18.9 Å². The molecule has 1 aromatic carbocycles. The minimum absolute atomic E-state index is 0. The van der Waals surface area contributed by atoms with E-state index in [-0.39, 0.29) is 40.8 Å². The molecule has 0 radical (unpaired) electrons. The van der Waals surface area contributed by atoms with E-state index in [1.807, 2.05) is 0 Å². The second-order valence-corrected chi connectivity index (χ2v) is 6.94. The Morgan fingerprint density at radius 3 is 2.60 bits per heavy atom. The van der Waals surface area contributed by atoms with Crippen LogP contribution in [0.15, 0.2) is 18.2 Å². The Balaban J connectivity index is 0.00000225. The SMILES string of the molecule is Cl.O=C(O)c1cccc(Cl)c1O[C@H]1CC[C@H]2CN[C@H](C(=O)O)C[C@H]2C1. The monoisotopic (exact) mass is 389 g/mol. The van der Waals surface area contributed by atoms with Crippen molar-refractivity contribution in [3.63, 3.8) is 0 Å². The fourth-order valence-electron chi connectivity index (χ4n) is 3.78. The quantitative estimate of drug-likeness (QED) is 0.732. The van der Waals surface area contributed by atoms with Gasteiger partial charge in [-0.3, -0.25) is 4.79 Å². The molecule has 1 aliphatic carbocycles. The third kappa shape index (κ3) is 4.37. The molecule has 0 aromatic heterocycles. The minimum Gasteiger partial charge on any atom is -0.488 e. The van der Waals surface area contributed by atoms with Gasteiger partial charge in [-0.25, -0.2) is 4.79 Å². The largest absolute Gasteiger partial charge is 0.488 e. The van der Waals surface area contributed by atoms with Gasteiger partial charge in [-0.2, -0.15) is 0 Å². The maximum absolute atomic E-state index is 11.3. The van der Waals surface area contributed by atoms with E-state index < -0.39 is 18.0 Å². The molecule has 6 nitrogen and oxygen atoms in total. The van der Waals surface area contributed by atoms with Crippen molar-refractivity contribution in [2.45, 2.75) is 37.8 Å². The van der Waals surface area contributed by atoms with E-state index in [0.717, 1.165) is 19.3 Å². The molecule has 1 aliphatic heterocycles. The first-order chi connectivity index (χ1) is 11.5. The number of ether oxygens (including phenoxy) is 1. The smallest absolute Gasteiger partial charge is 0.339 e. The van der Waals surface area contributed by atoms with Gasteiger partial charge in [0.2, 0.25) is 0 Å². The second kappa shape index (κ2) is 8.25. The van der Waals surface area contributed by atoms with Crippen molar-refractivity contribution in [2.24, 2.45) is 11.8 Å². The molecular weight excluding hydrogens is 369 g/mol. The fraction of sp³-hybridized carbons (Fsp3) is 0.529. The van der Waals surface area contributed by atoms with Crippen LogP contribution in [0.1, 0.15) is 36.0 Å². The molecule has 2 fully saturated rings. The van der Waals surface area contributed by atoms with Gasteiger partial charge in [0, 0.05) is 0 Å². The highest BCUT2D eigenvalue weighted by atomic mass is 35.5. The van der Waals surface area contributed by atoms with Crippen LogP contribution in [0, 0.1) is 11.8 Å². The molecule has 1 saturated carbocycles.